The smallest absolute Gasteiger partial charge is 0.0671 e. The molecule has 0 fully saturated rings. The summed E-state index contributed by atoms with van der Waals surface area (Å²) in [6, 6.07) is 2.08. The molecular formula is C11H18OS2. The fourth-order valence-corrected chi connectivity index (χ4v) is 2.58. The summed E-state index contributed by atoms with van der Waals surface area (Å²) in [6.07, 6.45) is 0.570. The van der Waals surface area contributed by atoms with E-state index in [1.807, 2.05) is 11.8 Å². The first-order valence-corrected chi connectivity index (χ1v) is 6.73. The summed E-state index contributed by atoms with van der Waals surface area (Å²) in [5.41, 5.74) is 1.25. The highest BCUT2D eigenvalue weighted by Gasteiger charge is 2.14. The maximum absolute atomic E-state index is 9.77. The van der Waals surface area contributed by atoms with Crippen LogP contribution in [0.2, 0.25) is 0 Å². The molecule has 1 rings (SSSR count). The number of hydrogen-bond donors (Lipinski definition) is 1. The van der Waals surface area contributed by atoms with Gasteiger partial charge in [0.25, 0.3) is 0 Å². The minimum absolute atomic E-state index is 0.214. The van der Waals surface area contributed by atoms with Crippen molar-refractivity contribution >= 4 is 23.1 Å². The first-order chi connectivity index (χ1) is 6.47. The van der Waals surface area contributed by atoms with Gasteiger partial charge in [-0.25, -0.2) is 0 Å². The fraction of sp³-hybridized carbons (Fsp3) is 0.636. The molecule has 0 bridgehead atoms. The zero-order valence-corrected chi connectivity index (χ0v) is 10.6. The van der Waals surface area contributed by atoms with Crippen LogP contribution in [0.15, 0.2) is 16.8 Å². The third-order valence-corrected chi connectivity index (χ3v) is 3.91. The van der Waals surface area contributed by atoms with Gasteiger partial charge in [0, 0.05) is 10.5 Å². The highest BCUT2D eigenvalue weighted by molar-refractivity contribution is 8.00. The SMILES string of the molecule is CC(C)(C)SCC(O)Cc1ccsc1. The molecule has 0 saturated carbocycles. The van der Waals surface area contributed by atoms with E-state index in [1.54, 1.807) is 11.3 Å². The molecule has 0 aliphatic rings. The van der Waals surface area contributed by atoms with Gasteiger partial charge in [-0.1, -0.05) is 20.8 Å². The quantitative estimate of drug-likeness (QED) is 0.857. The van der Waals surface area contributed by atoms with Crippen molar-refractivity contribution < 1.29 is 5.11 Å². The van der Waals surface area contributed by atoms with Gasteiger partial charge in [0.1, 0.15) is 0 Å². The molecule has 1 unspecified atom stereocenters. The lowest BCUT2D eigenvalue weighted by Gasteiger charge is -2.19. The van der Waals surface area contributed by atoms with Crippen LogP contribution in [0.25, 0.3) is 0 Å². The predicted molar refractivity (Wildman–Crippen MR) is 66.2 cm³/mol. The summed E-state index contributed by atoms with van der Waals surface area (Å²) < 4.78 is 0.246. The van der Waals surface area contributed by atoms with Gasteiger partial charge in [-0.3, -0.25) is 0 Å². The molecule has 1 nitrogen and oxygen atoms in total. The average molecular weight is 230 g/mol. The van der Waals surface area contributed by atoms with Gasteiger partial charge in [-0.05, 0) is 28.8 Å². The van der Waals surface area contributed by atoms with Gasteiger partial charge < -0.3 is 5.11 Å². The van der Waals surface area contributed by atoms with E-state index in [0.717, 1.165) is 12.2 Å². The predicted octanol–water partition coefficient (Wildman–Crippen LogP) is 3.18. The molecular weight excluding hydrogens is 212 g/mol. The number of rotatable bonds is 4. The second kappa shape index (κ2) is 5.19. The van der Waals surface area contributed by atoms with E-state index in [2.05, 4.69) is 37.6 Å². The van der Waals surface area contributed by atoms with E-state index in [1.165, 1.54) is 5.56 Å². The van der Waals surface area contributed by atoms with Crippen LogP contribution < -0.4 is 0 Å². The number of thioether (sulfide) groups is 1. The summed E-state index contributed by atoms with van der Waals surface area (Å²) >= 11 is 3.50. The van der Waals surface area contributed by atoms with Crippen molar-refractivity contribution in [1.82, 2.24) is 0 Å². The molecule has 0 aliphatic heterocycles. The highest BCUT2D eigenvalue weighted by Crippen LogP contribution is 2.24. The second-order valence-corrected chi connectivity index (χ2v) is 7.04. The van der Waals surface area contributed by atoms with Crippen LogP contribution in [0, 0.1) is 0 Å². The number of aliphatic hydroxyl groups excluding tert-OH is 1. The Morgan fingerprint density at radius 1 is 1.50 bits per heavy atom. The van der Waals surface area contributed by atoms with E-state index >= 15 is 0 Å². The summed E-state index contributed by atoms with van der Waals surface area (Å²) in [5.74, 6) is 0.819. The van der Waals surface area contributed by atoms with E-state index in [0.29, 0.717) is 0 Å². The highest BCUT2D eigenvalue weighted by atomic mass is 32.2. The Morgan fingerprint density at radius 2 is 2.21 bits per heavy atom. The van der Waals surface area contributed by atoms with Gasteiger partial charge in [0.05, 0.1) is 6.10 Å². The Labute approximate surface area is 94.5 Å². The Balaban J connectivity index is 2.26. The van der Waals surface area contributed by atoms with E-state index < -0.39 is 0 Å². The standard InChI is InChI=1S/C11H18OS2/c1-11(2,3)14-8-10(12)6-9-4-5-13-7-9/h4-5,7,10,12H,6,8H2,1-3H3. The molecule has 0 aliphatic carbocycles. The molecule has 80 valence electrons. The number of hydrogen-bond acceptors (Lipinski definition) is 3. The number of thiophene rings is 1. The lowest BCUT2D eigenvalue weighted by atomic mass is 10.2. The van der Waals surface area contributed by atoms with Crippen molar-refractivity contribution in [2.45, 2.75) is 38.0 Å². The topological polar surface area (TPSA) is 20.2 Å². The van der Waals surface area contributed by atoms with Crippen LogP contribution in [-0.4, -0.2) is 21.7 Å². The minimum atomic E-state index is -0.214. The summed E-state index contributed by atoms with van der Waals surface area (Å²) in [7, 11) is 0. The molecule has 0 radical (unpaired) electrons. The minimum Gasteiger partial charge on any atom is -0.392 e. The number of aliphatic hydroxyl groups is 1. The maximum Gasteiger partial charge on any atom is 0.0671 e. The lowest BCUT2D eigenvalue weighted by Crippen LogP contribution is -2.18. The third kappa shape index (κ3) is 5.03. The van der Waals surface area contributed by atoms with Crippen LogP contribution in [-0.2, 0) is 6.42 Å². The van der Waals surface area contributed by atoms with Crippen LogP contribution in [0.5, 0.6) is 0 Å². The zero-order chi connectivity index (χ0) is 10.6. The zero-order valence-electron chi connectivity index (χ0n) is 8.99. The Bertz CT molecular complexity index is 249. The van der Waals surface area contributed by atoms with Crippen molar-refractivity contribution in [1.29, 1.82) is 0 Å². The molecule has 1 heterocycles. The van der Waals surface area contributed by atoms with E-state index in [4.69, 9.17) is 0 Å². The fourth-order valence-electron chi connectivity index (χ4n) is 1.09. The largest absolute Gasteiger partial charge is 0.392 e. The Morgan fingerprint density at radius 3 is 2.71 bits per heavy atom. The van der Waals surface area contributed by atoms with Crippen molar-refractivity contribution in [2.24, 2.45) is 0 Å². The van der Waals surface area contributed by atoms with Crippen molar-refractivity contribution in [3.63, 3.8) is 0 Å². The summed E-state index contributed by atoms with van der Waals surface area (Å²) in [5, 5.41) is 13.9. The molecule has 14 heavy (non-hydrogen) atoms. The molecule has 1 atom stereocenters. The first-order valence-electron chi connectivity index (χ1n) is 4.80. The molecule has 1 aromatic heterocycles. The maximum atomic E-state index is 9.77. The molecule has 0 amide bonds. The van der Waals surface area contributed by atoms with Gasteiger partial charge in [-0.2, -0.15) is 23.1 Å². The molecule has 0 spiro atoms. The molecule has 0 saturated heterocycles. The van der Waals surface area contributed by atoms with Crippen LogP contribution in [0.4, 0.5) is 0 Å². The summed E-state index contributed by atoms with van der Waals surface area (Å²) in [6.45, 7) is 6.53. The lowest BCUT2D eigenvalue weighted by molar-refractivity contribution is 0.200. The Hall–Kier alpha value is 0.01000. The summed E-state index contributed by atoms with van der Waals surface area (Å²) in [4.78, 5) is 0. The Kier molecular flexibility index (Phi) is 4.48. The van der Waals surface area contributed by atoms with Crippen molar-refractivity contribution in [2.75, 3.05) is 5.75 Å². The van der Waals surface area contributed by atoms with E-state index in [9.17, 15) is 5.11 Å². The first kappa shape index (κ1) is 12.1. The van der Waals surface area contributed by atoms with Gasteiger partial charge in [0.2, 0.25) is 0 Å². The van der Waals surface area contributed by atoms with Gasteiger partial charge in [-0.15, -0.1) is 0 Å². The molecule has 3 heteroatoms. The van der Waals surface area contributed by atoms with Gasteiger partial charge >= 0.3 is 0 Å². The molecule has 1 aromatic rings. The normalized spacial score (nSPS) is 14.3. The monoisotopic (exact) mass is 230 g/mol. The van der Waals surface area contributed by atoms with Gasteiger partial charge in [0.15, 0.2) is 0 Å². The van der Waals surface area contributed by atoms with Crippen LogP contribution in [0.1, 0.15) is 26.3 Å². The van der Waals surface area contributed by atoms with E-state index in [-0.39, 0.29) is 10.9 Å². The van der Waals surface area contributed by atoms with Crippen LogP contribution >= 0.6 is 23.1 Å². The van der Waals surface area contributed by atoms with Crippen molar-refractivity contribution in [3.05, 3.63) is 22.4 Å². The molecule has 0 aromatic carbocycles. The van der Waals surface area contributed by atoms with Crippen molar-refractivity contribution in [3.8, 4) is 0 Å². The average Bonchev–Trinajstić information content (AvgIpc) is 2.52. The van der Waals surface area contributed by atoms with Crippen LogP contribution in [0.3, 0.4) is 0 Å². The molecule has 1 N–H and O–H groups in total. The second-order valence-electron chi connectivity index (χ2n) is 4.41. The third-order valence-electron chi connectivity index (χ3n) is 1.76.